The van der Waals surface area contributed by atoms with E-state index >= 15 is 0 Å². The topological polar surface area (TPSA) is 77.4 Å². The lowest BCUT2D eigenvalue weighted by atomic mass is 10.2. The summed E-state index contributed by atoms with van der Waals surface area (Å²) < 4.78 is 33.6. The number of sulfone groups is 1. The van der Waals surface area contributed by atoms with Gasteiger partial charge < -0.3 is 14.6 Å². The average molecular weight is 427 g/mol. The molecule has 2 aromatic carbocycles. The summed E-state index contributed by atoms with van der Waals surface area (Å²) in [5.74, 6) is -0.234. The van der Waals surface area contributed by atoms with Crippen LogP contribution in [0.25, 0.3) is 10.9 Å². The highest BCUT2D eigenvalue weighted by Gasteiger charge is 2.23. The van der Waals surface area contributed by atoms with Crippen LogP contribution in [0.1, 0.15) is 24.0 Å². The fourth-order valence-electron chi connectivity index (χ4n) is 3.93. The Hall–Kier alpha value is -2.64. The molecule has 1 aromatic heterocycles. The van der Waals surface area contributed by atoms with Crippen molar-refractivity contribution in [1.29, 1.82) is 0 Å². The van der Waals surface area contributed by atoms with Gasteiger partial charge in [-0.3, -0.25) is 4.79 Å². The average Bonchev–Trinajstić information content (AvgIpc) is 3.35. The summed E-state index contributed by atoms with van der Waals surface area (Å²) in [6, 6.07) is 14.8. The molecule has 1 saturated heterocycles. The Morgan fingerprint density at radius 1 is 1.20 bits per heavy atom. The van der Waals surface area contributed by atoms with Crippen molar-refractivity contribution in [3.8, 4) is 0 Å². The molecule has 1 N–H and O–H groups in total. The van der Waals surface area contributed by atoms with Crippen LogP contribution in [0.2, 0.25) is 0 Å². The van der Waals surface area contributed by atoms with Gasteiger partial charge in [0, 0.05) is 30.3 Å². The van der Waals surface area contributed by atoms with Crippen LogP contribution in [0.15, 0.2) is 59.6 Å². The highest BCUT2D eigenvalue weighted by molar-refractivity contribution is 7.90. The standard InChI is InChI=1S/C23H26N2O4S/c1-17-6-4-7-18(12-17)16-30(27,28)22-14-25(21-10-3-2-9-20(21)22)15-23(26)24-13-19-8-5-11-29-19/h2-4,6-7,9-10,12,14,19H,5,8,11,13,15-16H2,1H3,(H,24,26). The number of aromatic nitrogens is 1. The van der Waals surface area contributed by atoms with Crippen molar-refractivity contribution in [3.63, 3.8) is 0 Å². The minimum absolute atomic E-state index is 0.0627. The van der Waals surface area contributed by atoms with Crippen molar-refractivity contribution in [2.75, 3.05) is 13.2 Å². The third kappa shape index (κ3) is 4.57. The normalized spacial score (nSPS) is 16.8. The van der Waals surface area contributed by atoms with Crippen molar-refractivity contribution in [2.45, 2.75) is 43.1 Å². The van der Waals surface area contributed by atoms with E-state index in [2.05, 4.69) is 5.32 Å². The molecule has 3 aromatic rings. The molecule has 1 amide bonds. The largest absolute Gasteiger partial charge is 0.376 e. The van der Waals surface area contributed by atoms with Crippen LogP contribution >= 0.6 is 0 Å². The molecule has 1 fully saturated rings. The summed E-state index contributed by atoms with van der Waals surface area (Å²) in [6.07, 6.45) is 3.63. The molecule has 6 nitrogen and oxygen atoms in total. The first-order chi connectivity index (χ1) is 14.4. The molecule has 7 heteroatoms. The summed E-state index contributed by atoms with van der Waals surface area (Å²) in [5, 5.41) is 3.53. The first kappa shape index (κ1) is 20.6. The van der Waals surface area contributed by atoms with Crippen molar-refractivity contribution in [2.24, 2.45) is 0 Å². The second-order valence-corrected chi connectivity index (χ2v) is 9.78. The van der Waals surface area contributed by atoms with Crippen molar-refractivity contribution >= 4 is 26.6 Å². The number of fused-ring (bicyclic) bond motifs is 1. The zero-order valence-electron chi connectivity index (χ0n) is 17.0. The molecule has 1 aliphatic rings. The maximum atomic E-state index is 13.2. The number of nitrogens with one attached hydrogen (secondary N) is 1. The van der Waals surface area contributed by atoms with Crippen molar-refractivity contribution in [1.82, 2.24) is 9.88 Å². The first-order valence-corrected chi connectivity index (χ1v) is 11.8. The Bertz CT molecular complexity index is 1160. The maximum absolute atomic E-state index is 13.2. The van der Waals surface area contributed by atoms with Gasteiger partial charge in [0.1, 0.15) is 6.54 Å². The Balaban J connectivity index is 1.57. The Morgan fingerprint density at radius 3 is 2.80 bits per heavy atom. The van der Waals surface area contributed by atoms with Gasteiger partial charge in [0.2, 0.25) is 5.91 Å². The number of hydrogen-bond acceptors (Lipinski definition) is 4. The summed E-state index contributed by atoms with van der Waals surface area (Å²) >= 11 is 0. The first-order valence-electron chi connectivity index (χ1n) is 10.2. The van der Waals surface area contributed by atoms with E-state index in [9.17, 15) is 13.2 Å². The number of aryl methyl sites for hydroxylation is 1. The van der Waals surface area contributed by atoms with Crippen LogP contribution in [-0.4, -0.2) is 38.1 Å². The Labute approximate surface area is 176 Å². The summed E-state index contributed by atoms with van der Waals surface area (Å²) in [5.41, 5.74) is 2.50. The van der Waals surface area contributed by atoms with Crippen LogP contribution in [0, 0.1) is 6.92 Å². The minimum Gasteiger partial charge on any atom is -0.376 e. The molecule has 0 bridgehead atoms. The van der Waals surface area contributed by atoms with E-state index in [1.165, 1.54) is 0 Å². The second kappa shape index (κ2) is 8.62. The smallest absolute Gasteiger partial charge is 0.240 e. The van der Waals surface area contributed by atoms with E-state index in [4.69, 9.17) is 4.74 Å². The third-order valence-corrected chi connectivity index (χ3v) is 7.10. The van der Waals surface area contributed by atoms with Gasteiger partial charge in [0.05, 0.1) is 16.8 Å². The molecule has 2 heterocycles. The molecule has 0 spiro atoms. The molecule has 4 rings (SSSR count). The number of benzene rings is 2. The number of nitrogens with zero attached hydrogens (tertiary/aromatic N) is 1. The van der Waals surface area contributed by atoms with Gasteiger partial charge in [0.15, 0.2) is 9.84 Å². The van der Waals surface area contributed by atoms with Crippen molar-refractivity contribution < 1.29 is 17.9 Å². The lowest BCUT2D eigenvalue weighted by Gasteiger charge is -2.11. The molecule has 1 aliphatic heterocycles. The van der Waals surface area contributed by atoms with E-state index in [1.807, 2.05) is 49.4 Å². The van der Waals surface area contributed by atoms with Crippen LogP contribution in [0.5, 0.6) is 0 Å². The van der Waals surface area contributed by atoms with E-state index in [0.717, 1.165) is 36.1 Å². The van der Waals surface area contributed by atoms with Gasteiger partial charge >= 0.3 is 0 Å². The van der Waals surface area contributed by atoms with Gasteiger partial charge in [-0.15, -0.1) is 0 Å². The number of para-hydroxylation sites is 1. The number of hydrogen-bond donors (Lipinski definition) is 1. The SMILES string of the molecule is Cc1cccc(CS(=O)(=O)c2cn(CC(=O)NCC3CCCO3)c3ccccc23)c1. The molecule has 0 radical (unpaired) electrons. The molecule has 1 atom stereocenters. The van der Waals surface area contributed by atoms with Gasteiger partial charge in [0.25, 0.3) is 0 Å². The zero-order valence-corrected chi connectivity index (χ0v) is 17.8. The molecule has 0 aliphatic carbocycles. The maximum Gasteiger partial charge on any atom is 0.240 e. The number of rotatable bonds is 7. The summed E-state index contributed by atoms with van der Waals surface area (Å²) in [7, 11) is -3.57. The number of carbonyl (C=O) groups is 1. The van der Waals surface area contributed by atoms with Gasteiger partial charge in [-0.2, -0.15) is 0 Å². The highest BCUT2D eigenvalue weighted by atomic mass is 32.2. The molecule has 158 valence electrons. The Kier molecular flexibility index (Phi) is 5.92. The molecule has 0 saturated carbocycles. The second-order valence-electron chi connectivity index (χ2n) is 7.83. The number of amides is 1. The highest BCUT2D eigenvalue weighted by Crippen LogP contribution is 2.28. The van der Waals surface area contributed by atoms with Crippen LogP contribution < -0.4 is 5.32 Å². The van der Waals surface area contributed by atoms with Gasteiger partial charge in [-0.1, -0.05) is 48.0 Å². The number of ether oxygens (including phenoxy) is 1. The lowest BCUT2D eigenvalue weighted by molar-refractivity contribution is -0.122. The van der Waals surface area contributed by atoms with Crippen LogP contribution in [0.3, 0.4) is 0 Å². The quantitative estimate of drug-likeness (QED) is 0.629. The fraction of sp³-hybridized carbons (Fsp3) is 0.348. The summed E-state index contributed by atoms with van der Waals surface area (Å²) in [4.78, 5) is 12.7. The molecule has 1 unspecified atom stereocenters. The predicted molar refractivity (Wildman–Crippen MR) is 116 cm³/mol. The van der Waals surface area contributed by atoms with Crippen molar-refractivity contribution in [3.05, 3.63) is 65.9 Å². The van der Waals surface area contributed by atoms with Crippen LogP contribution in [0.4, 0.5) is 0 Å². The van der Waals surface area contributed by atoms with Gasteiger partial charge in [-0.25, -0.2) is 8.42 Å². The third-order valence-electron chi connectivity index (χ3n) is 5.39. The Morgan fingerprint density at radius 2 is 2.03 bits per heavy atom. The monoisotopic (exact) mass is 426 g/mol. The predicted octanol–water partition coefficient (Wildman–Crippen LogP) is 3.22. The lowest BCUT2D eigenvalue weighted by Crippen LogP contribution is -2.34. The molecular formula is C23H26N2O4S. The molecular weight excluding hydrogens is 400 g/mol. The van der Waals surface area contributed by atoms with E-state index in [0.29, 0.717) is 11.9 Å². The van der Waals surface area contributed by atoms with E-state index < -0.39 is 9.84 Å². The molecule has 30 heavy (non-hydrogen) atoms. The van der Waals surface area contributed by atoms with Gasteiger partial charge in [-0.05, 0) is 31.4 Å². The van der Waals surface area contributed by atoms with Crippen LogP contribution in [-0.2, 0) is 31.7 Å². The van der Waals surface area contributed by atoms with E-state index in [1.54, 1.807) is 16.8 Å². The number of carbonyl (C=O) groups excluding carboxylic acids is 1. The minimum atomic E-state index is -3.57. The fourth-order valence-corrected chi connectivity index (χ4v) is 5.50. The summed E-state index contributed by atoms with van der Waals surface area (Å²) in [6.45, 7) is 3.23. The van der Waals surface area contributed by atoms with E-state index in [-0.39, 0.29) is 29.2 Å². The zero-order chi connectivity index (χ0) is 21.1.